The van der Waals surface area contributed by atoms with E-state index in [1.807, 2.05) is 0 Å². The fourth-order valence-corrected chi connectivity index (χ4v) is 2.02. The van der Waals surface area contributed by atoms with Crippen LogP contribution in [0.5, 0.6) is 0 Å². The maximum atomic E-state index is 13.1. The maximum Gasteiger partial charge on any atom is 0.416 e. The molecule has 0 saturated carbocycles. The van der Waals surface area contributed by atoms with Gasteiger partial charge in [-0.05, 0) is 41.8 Å². The summed E-state index contributed by atoms with van der Waals surface area (Å²) in [4.78, 5) is 0. The number of rotatable bonds is 3. The lowest BCUT2D eigenvalue weighted by atomic mass is 9.98. The van der Waals surface area contributed by atoms with Crippen molar-refractivity contribution in [2.24, 2.45) is 5.73 Å². The van der Waals surface area contributed by atoms with E-state index in [0.29, 0.717) is 11.1 Å². The maximum absolute atomic E-state index is 13.1. The van der Waals surface area contributed by atoms with Gasteiger partial charge in [0.05, 0.1) is 5.56 Å². The van der Waals surface area contributed by atoms with Crippen LogP contribution in [-0.2, 0) is 12.6 Å². The standard InChI is InChI=1S/C15H12F5N/c16-12-5-9(6-13(17)8-12)7-14(21)10-1-3-11(4-2-10)15(18,19)20/h1-6,8,14H,7,21H2. The Balaban J connectivity index is 2.15. The molecule has 2 aromatic rings. The molecule has 0 aromatic heterocycles. The molecule has 1 nitrogen and oxygen atoms in total. The Hall–Kier alpha value is -1.95. The van der Waals surface area contributed by atoms with E-state index in [0.717, 1.165) is 30.3 Å². The quantitative estimate of drug-likeness (QED) is 0.844. The SMILES string of the molecule is NC(Cc1cc(F)cc(F)c1)c1ccc(C(F)(F)F)cc1. The number of halogens is 5. The molecule has 0 radical (unpaired) electrons. The molecule has 0 aliphatic rings. The zero-order valence-corrected chi connectivity index (χ0v) is 10.8. The molecule has 0 amide bonds. The van der Waals surface area contributed by atoms with Crippen LogP contribution in [0.2, 0.25) is 0 Å². The Bertz CT molecular complexity index is 599. The second kappa shape index (κ2) is 5.81. The highest BCUT2D eigenvalue weighted by Gasteiger charge is 2.30. The van der Waals surface area contributed by atoms with Gasteiger partial charge in [-0.25, -0.2) is 8.78 Å². The molecular weight excluding hydrogens is 289 g/mol. The third-order valence-corrected chi connectivity index (χ3v) is 3.04. The molecule has 1 atom stereocenters. The van der Waals surface area contributed by atoms with Crippen molar-refractivity contribution in [3.63, 3.8) is 0 Å². The van der Waals surface area contributed by atoms with Crippen molar-refractivity contribution in [2.75, 3.05) is 0 Å². The van der Waals surface area contributed by atoms with Gasteiger partial charge in [0.25, 0.3) is 0 Å². The molecule has 0 fully saturated rings. The average molecular weight is 301 g/mol. The number of benzene rings is 2. The summed E-state index contributed by atoms with van der Waals surface area (Å²) < 4.78 is 63.4. The topological polar surface area (TPSA) is 26.0 Å². The molecule has 112 valence electrons. The molecule has 2 aromatic carbocycles. The van der Waals surface area contributed by atoms with Gasteiger partial charge in [0.15, 0.2) is 0 Å². The molecule has 0 bridgehead atoms. The lowest BCUT2D eigenvalue weighted by molar-refractivity contribution is -0.137. The molecule has 0 spiro atoms. The number of nitrogens with two attached hydrogens (primary N) is 1. The minimum atomic E-state index is -4.41. The third-order valence-electron chi connectivity index (χ3n) is 3.04. The Labute approximate surface area is 118 Å². The van der Waals surface area contributed by atoms with Crippen molar-refractivity contribution in [1.29, 1.82) is 0 Å². The van der Waals surface area contributed by atoms with Crippen LogP contribution in [0.1, 0.15) is 22.7 Å². The second-order valence-corrected chi connectivity index (χ2v) is 4.71. The van der Waals surface area contributed by atoms with Crippen molar-refractivity contribution in [2.45, 2.75) is 18.6 Å². The largest absolute Gasteiger partial charge is 0.416 e. The van der Waals surface area contributed by atoms with Crippen molar-refractivity contribution in [1.82, 2.24) is 0 Å². The molecular formula is C15H12F5N. The van der Waals surface area contributed by atoms with Gasteiger partial charge in [-0.15, -0.1) is 0 Å². The Kier molecular flexibility index (Phi) is 4.27. The summed E-state index contributed by atoms with van der Waals surface area (Å²) in [5.74, 6) is -1.44. The highest BCUT2D eigenvalue weighted by molar-refractivity contribution is 5.28. The van der Waals surface area contributed by atoms with Crippen molar-refractivity contribution in [3.05, 3.63) is 70.8 Å². The summed E-state index contributed by atoms with van der Waals surface area (Å²) >= 11 is 0. The van der Waals surface area contributed by atoms with Crippen LogP contribution < -0.4 is 5.73 Å². The summed E-state index contributed by atoms with van der Waals surface area (Å²) in [6.07, 6.45) is -4.28. The van der Waals surface area contributed by atoms with Crippen molar-refractivity contribution < 1.29 is 22.0 Å². The second-order valence-electron chi connectivity index (χ2n) is 4.71. The van der Waals surface area contributed by atoms with Crippen LogP contribution in [0.4, 0.5) is 22.0 Å². The van der Waals surface area contributed by atoms with Crippen LogP contribution in [0.15, 0.2) is 42.5 Å². The van der Waals surface area contributed by atoms with E-state index in [1.54, 1.807) is 0 Å². The summed E-state index contributed by atoms with van der Waals surface area (Å²) in [7, 11) is 0. The van der Waals surface area contributed by atoms with Crippen molar-refractivity contribution in [3.8, 4) is 0 Å². The van der Waals surface area contributed by atoms with Gasteiger partial charge in [-0.3, -0.25) is 0 Å². The fourth-order valence-electron chi connectivity index (χ4n) is 2.02. The van der Waals surface area contributed by atoms with Crippen LogP contribution in [0, 0.1) is 11.6 Å². The van der Waals surface area contributed by atoms with Gasteiger partial charge < -0.3 is 5.73 Å². The lowest BCUT2D eigenvalue weighted by Gasteiger charge is -2.14. The summed E-state index contributed by atoms with van der Waals surface area (Å²) in [5.41, 5.74) is 5.90. The summed E-state index contributed by atoms with van der Waals surface area (Å²) in [6.45, 7) is 0. The highest BCUT2D eigenvalue weighted by atomic mass is 19.4. The molecule has 21 heavy (non-hydrogen) atoms. The molecule has 0 heterocycles. The van der Waals surface area contributed by atoms with E-state index in [-0.39, 0.29) is 6.42 Å². The molecule has 0 aliphatic carbocycles. The number of hydrogen-bond donors (Lipinski definition) is 1. The average Bonchev–Trinajstić information content (AvgIpc) is 2.36. The Morgan fingerprint density at radius 1 is 0.905 bits per heavy atom. The normalized spacial score (nSPS) is 13.2. The van der Waals surface area contributed by atoms with E-state index in [9.17, 15) is 22.0 Å². The van der Waals surface area contributed by atoms with Gasteiger partial charge in [0.1, 0.15) is 11.6 Å². The number of alkyl halides is 3. The van der Waals surface area contributed by atoms with Gasteiger partial charge in [-0.1, -0.05) is 12.1 Å². The van der Waals surface area contributed by atoms with E-state index in [1.165, 1.54) is 12.1 Å². The predicted octanol–water partition coefficient (Wildman–Crippen LogP) is 4.23. The third kappa shape index (κ3) is 4.01. The zero-order valence-electron chi connectivity index (χ0n) is 10.8. The summed E-state index contributed by atoms with van der Waals surface area (Å²) in [6, 6.07) is 6.79. The van der Waals surface area contributed by atoms with Crippen LogP contribution in [0.3, 0.4) is 0 Å². The first-order valence-corrected chi connectivity index (χ1v) is 6.13. The van der Waals surface area contributed by atoms with E-state index >= 15 is 0 Å². The molecule has 0 saturated heterocycles. The van der Waals surface area contributed by atoms with E-state index in [2.05, 4.69) is 0 Å². The van der Waals surface area contributed by atoms with Gasteiger partial charge in [0, 0.05) is 12.1 Å². The predicted molar refractivity (Wildman–Crippen MR) is 68.4 cm³/mol. The van der Waals surface area contributed by atoms with E-state index < -0.39 is 29.4 Å². The van der Waals surface area contributed by atoms with Crippen molar-refractivity contribution >= 4 is 0 Å². The van der Waals surface area contributed by atoms with Crippen LogP contribution in [0.25, 0.3) is 0 Å². The minimum absolute atomic E-state index is 0.125. The molecule has 0 aliphatic heterocycles. The first-order chi connectivity index (χ1) is 9.75. The first-order valence-electron chi connectivity index (χ1n) is 6.13. The van der Waals surface area contributed by atoms with Gasteiger partial charge in [-0.2, -0.15) is 13.2 Å². The molecule has 1 unspecified atom stereocenters. The van der Waals surface area contributed by atoms with Crippen LogP contribution >= 0.6 is 0 Å². The fraction of sp³-hybridized carbons (Fsp3) is 0.200. The lowest BCUT2D eigenvalue weighted by Crippen LogP contribution is -2.14. The smallest absolute Gasteiger partial charge is 0.324 e. The molecule has 2 rings (SSSR count). The van der Waals surface area contributed by atoms with Gasteiger partial charge >= 0.3 is 6.18 Å². The monoisotopic (exact) mass is 301 g/mol. The summed E-state index contributed by atoms with van der Waals surface area (Å²) in [5, 5.41) is 0. The zero-order chi connectivity index (χ0) is 15.6. The van der Waals surface area contributed by atoms with E-state index in [4.69, 9.17) is 5.73 Å². The number of hydrogen-bond acceptors (Lipinski definition) is 1. The highest BCUT2D eigenvalue weighted by Crippen LogP contribution is 2.30. The van der Waals surface area contributed by atoms with Gasteiger partial charge in [0.2, 0.25) is 0 Å². The minimum Gasteiger partial charge on any atom is -0.324 e. The molecule has 2 N–H and O–H groups in total. The Morgan fingerprint density at radius 3 is 1.90 bits per heavy atom. The first kappa shape index (κ1) is 15.4. The Morgan fingerprint density at radius 2 is 1.43 bits per heavy atom. The van der Waals surface area contributed by atoms with Crippen LogP contribution in [-0.4, -0.2) is 0 Å². The molecule has 6 heteroatoms.